The molecule has 3 heterocycles. The third-order valence-electron chi connectivity index (χ3n) is 4.39. The molecule has 1 aromatic heterocycles. The number of anilines is 1. The smallest absolute Gasteiger partial charge is 0.319 e. The van der Waals surface area contributed by atoms with Gasteiger partial charge in [0.05, 0.1) is 11.9 Å². The van der Waals surface area contributed by atoms with Gasteiger partial charge >= 0.3 is 6.03 Å². The predicted octanol–water partition coefficient (Wildman–Crippen LogP) is 1.65. The van der Waals surface area contributed by atoms with Crippen LogP contribution < -0.4 is 10.6 Å². The number of aromatic nitrogens is 2. The third kappa shape index (κ3) is 2.80. The lowest BCUT2D eigenvalue weighted by Gasteiger charge is -2.32. The number of carbonyl (C=O) groups excluding carboxylic acids is 1. The quantitative estimate of drug-likeness (QED) is 0.883. The largest absolute Gasteiger partial charge is 0.334 e. The van der Waals surface area contributed by atoms with Gasteiger partial charge in [-0.2, -0.15) is 5.10 Å². The van der Waals surface area contributed by atoms with E-state index >= 15 is 0 Å². The summed E-state index contributed by atoms with van der Waals surface area (Å²) in [5, 5.41) is 10.1. The van der Waals surface area contributed by atoms with Crippen LogP contribution in [0.1, 0.15) is 32.6 Å². The van der Waals surface area contributed by atoms with Crippen molar-refractivity contribution in [1.29, 1.82) is 0 Å². The zero-order valence-corrected chi connectivity index (χ0v) is 12.0. The zero-order chi connectivity index (χ0) is 13.9. The van der Waals surface area contributed by atoms with E-state index in [4.69, 9.17) is 0 Å². The highest BCUT2D eigenvalue weighted by atomic mass is 16.2. The number of hydrogen-bond acceptors (Lipinski definition) is 3. The molecule has 3 rings (SSSR count). The molecule has 2 atom stereocenters. The number of carbonyl (C=O) groups is 1. The van der Waals surface area contributed by atoms with Crippen LogP contribution >= 0.6 is 0 Å². The number of aryl methyl sites for hydroxylation is 1. The van der Waals surface area contributed by atoms with Crippen molar-refractivity contribution in [2.45, 2.75) is 51.2 Å². The molecular formula is C14H23N5O. The van der Waals surface area contributed by atoms with Gasteiger partial charge in [0.15, 0.2) is 0 Å². The van der Waals surface area contributed by atoms with E-state index in [1.54, 1.807) is 10.9 Å². The van der Waals surface area contributed by atoms with E-state index < -0.39 is 0 Å². The summed E-state index contributed by atoms with van der Waals surface area (Å²) < 4.78 is 1.80. The first-order valence-corrected chi connectivity index (χ1v) is 7.60. The molecule has 0 aliphatic carbocycles. The Morgan fingerprint density at radius 1 is 1.40 bits per heavy atom. The lowest BCUT2D eigenvalue weighted by molar-refractivity contribution is 0.180. The minimum absolute atomic E-state index is 0.113. The van der Waals surface area contributed by atoms with Crippen LogP contribution in [0.3, 0.4) is 0 Å². The topological polar surface area (TPSA) is 62.2 Å². The fourth-order valence-corrected chi connectivity index (χ4v) is 3.35. The summed E-state index contributed by atoms with van der Waals surface area (Å²) in [7, 11) is 0. The van der Waals surface area contributed by atoms with Crippen LogP contribution in [0.5, 0.6) is 0 Å². The summed E-state index contributed by atoms with van der Waals surface area (Å²) in [6.07, 6.45) is 8.38. The summed E-state index contributed by atoms with van der Waals surface area (Å²) >= 11 is 0. The Hall–Kier alpha value is -1.56. The van der Waals surface area contributed by atoms with Crippen LogP contribution in [-0.4, -0.2) is 45.9 Å². The number of piperidine rings is 1. The Bertz CT molecular complexity index is 472. The van der Waals surface area contributed by atoms with Gasteiger partial charge in [-0.15, -0.1) is 0 Å². The van der Waals surface area contributed by atoms with Crippen molar-refractivity contribution in [3.05, 3.63) is 12.4 Å². The van der Waals surface area contributed by atoms with E-state index in [-0.39, 0.29) is 12.1 Å². The Labute approximate surface area is 119 Å². The van der Waals surface area contributed by atoms with Gasteiger partial charge < -0.3 is 10.6 Å². The fourth-order valence-electron chi connectivity index (χ4n) is 3.35. The second-order valence-corrected chi connectivity index (χ2v) is 5.68. The second kappa shape index (κ2) is 5.83. The molecule has 0 radical (unpaired) electrons. The van der Waals surface area contributed by atoms with Crippen molar-refractivity contribution in [1.82, 2.24) is 20.0 Å². The fraction of sp³-hybridized carbons (Fsp3) is 0.714. The monoisotopic (exact) mass is 277 g/mol. The van der Waals surface area contributed by atoms with E-state index in [0.717, 1.165) is 25.2 Å². The van der Waals surface area contributed by atoms with E-state index in [0.29, 0.717) is 6.04 Å². The van der Waals surface area contributed by atoms with Gasteiger partial charge in [-0.3, -0.25) is 9.58 Å². The summed E-state index contributed by atoms with van der Waals surface area (Å²) in [5.41, 5.74) is 0.753. The van der Waals surface area contributed by atoms with Gasteiger partial charge in [0.2, 0.25) is 0 Å². The van der Waals surface area contributed by atoms with Crippen molar-refractivity contribution < 1.29 is 4.79 Å². The van der Waals surface area contributed by atoms with Crippen molar-refractivity contribution in [2.24, 2.45) is 0 Å². The molecule has 2 fully saturated rings. The maximum absolute atomic E-state index is 12.1. The number of rotatable bonds is 3. The number of nitrogens with one attached hydrogen (secondary N) is 2. The van der Waals surface area contributed by atoms with Crippen molar-refractivity contribution >= 4 is 11.7 Å². The molecule has 0 saturated carbocycles. The molecular weight excluding hydrogens is 254 g/mol. The first kappa shape index (κ1) is 13.4. The first-order chi connectivity index (χ1) is 9.76. The maximum atomic E-state index is 12.1. The molecule has 6 nitrogen and oxygen atoms in total. The molecule has 6 heteroatoms. The van der Waals surface area contributed by atoms with Gasteiger partial charge in [-0.1, -0.05) is 6.42 Å². The normalized spacial score (nSPS) is 26.2. The van der Waals surface area contributed by atoms with Crippen LogP contribution in [0.25, 0.3) is 0 Å². The van der Waals surface area contributed by atoms with E-state index in [1.807, 2.05) is 13.1 Å². The lowest BCUT2D eigenvalue weighted by Crippen LogP contribution is -2.47. The number of urea groups is 1. The molecule has 1 aromatic rings. The second-order valence-electron chi connectivity index (χ2n) is 5.68. The summed E-state index contributed by atoms with van der Waals surface area (Å²) in [6, 6.07) is 0.711. The van der Waals surface area contributed by atoms with Gasteiger partial charge in [0.1, 0.15) is 0 Å². The van der Waals surface area contributed by atoms with E-state index in [1.165, 1.54) is 25.8 Å². The summed E-state index contributed by atoms with van der Waals surface area (Å²) in [6.45, 7) is 5.13. The van der Waals surface area contributed by atoms with Crippen LogP contribution in [0.4, 0.5) is 10.5 Å². The summed E-state index contributed by atoms with van der Waals surface area (Å²) in [5.74, 6) is 0. The van der Waals surface area contributed by atoms with Crippen LogP contribution in [0.15, 0.2) is 12.4 Å². The maximum Gasteiger partial charge on any atom is 0.319 e. The van der Waals surface area contributed by atoms with Gasteiger partial charge in [-0.05, 0) is 32.7 Å². The molecule has 110 valence electrons. The number of nitrogens with zero attached hydrogens (tertiary/aromatic N) is 3. The summed E-state index contributed by atoms with van der Waals surface area (Å²) in [4.78, 5) is 14.6. The standard InChI is InChI=1S/C14H23N5O/c1-2-19-10-11(9-15-19)16-14(20)17-12-6-8-18-7-4-3-5-13(12)18/h9-10,12-13H,2-8H2,1H3,(H2,16,17,20)/t12-,13-/m1/s1. The Morgan fingerprint density at radius 3 is 3.10 bits per heavy atom. The average Bonchev–Trinajstić information content (AvgIpc) is 3.06. The highest BCUT2D eigenvalue weighted by Crippen LogP contribution is 2.27. The van der Waals surface area contributed by atoms with Gasteiger partial charge in [0, 0.05) is 31.4 Å². The Kier molecular flexibility index (Phi) is 3.91. The van der Waals surface area contributed by atoms with E-state index in [9.17, 15) is 4.79 Å². The van der Waals surface area contributed by atoms with Crippen LogP contribution in [0.2, 0.25) is 0 Å². The molecule has 2 aliphatic rings. The molecule has 0 aromatic carbocycles. The molecule has 2 amide bonds. The van der Waals surface area contributed by atoms with E-state index in [2.05, 4.69) is 20.6 Å². The first-order valence-electron chi connectivity index (χ1n) is 7.60. The predicted molar refractivity (Wildman–Crippen MR) is 77.7 cm³/mol. The Morgan fingerprint density at radius 2 is 2.30 bits per heavy atom. The van der Waals surface area contributed by atoms with Crippen molar-refractivity contribution in [3.8, 4) is 0 Å². The molecule has 2 aliphatic heterocycles. The lowest BCUT2D eigenvalue weighted by atomic mass is 9.99. The van der Waals surface area contributed by atoms with Crippen LogP contribution in [-0.2, 0) is 6.54 Å². The van der Waals surface area contributed by atoms with Gasteiger partial charge in [-0.25, -0.2) is 4.79 Å². The molecule has 0 unspecified atom stereocenters. The highest BCUT2D eigenvalue weighted by molar-refractivity contribution is 5.89. The van der Waals surface area contributed by atoms with Crippen molar-refractivity contribution in [2.75, 3.05) is 18.4 Å². The molecule has 0 spiro atoms. The van der Waals surface area contributed by atoms with Gasteiger partial charge in [0.25, 0.3) is 0 Å². The van der Waals surface area contributed by atoms with Crippen molar-refractivity contribution in [3.63, 3.8) is 0 Å². The minimum atomic E-state index is -0.113. The number of amides is 2. The zero-order valence-electron chi connectivity index (χ0n) is 12.0. The minimum Gasteiger partial charge on any atom is -0.334 e. The molecule has 0 bridgehead atoms. The highest BCUT2D eigenvalue weighted by Gasteiger charge is 2.36. The SMILES string of the molecule is CCn1cc(NC(=O)N[C@@H]2CCN3CCCC[C@H]23)cn1. The molecule has 2 N–H and O–H groups in total. The average molecular weight is 277 g/mol. The number of fused-ring (bicyclic) bond motifs is 1. The molecule has 20 heavy (non-hydrogen) atoms. The third-order valence-corrected chi connectivity index (χ3v) is 4.39. The van der Waals surface area contributed by atoms with Crippen LogP contribution in [0, 0.1) is 0 Å². The Balaban J connectivity index is 1.53. The molecule has 2 saturated heterocycles. The number of hydrogen-bond donors (Lipinski definition) is 2.